The van der Waals surface area contributed by atoms with Crippen molar-refractivity contribution in [1.82, 2.24) is 0 Å². The molecule has 0 radical (unpaired) electrons. The van der Waals surface area contributed by atoms with E-state index in [2.05, 4.69) is 6.58 Å². The van der Waals surface area contributed by atoms with Crippen molar-refractivity contribution in [2.24, 2.45) is 5.73 Å². The quantitative estimate of drug-likeness (QED) is 0.598. The fourth-order valence-corrected chi connectivity index (χ4v) is 2.50. The topological polar surface area (TPSA) is 61.5 Å². The molecule has 4 nitrogen and oxygen atoms in total. The Balaban J connectivity index is 2.00. The molecule has 0 aliphatic rings. The number of hydrogen-bond acceptors (Lipinski definition) is 4. The van der Waals surface area contributed by atoms with Gasteiger partial charge in [0.05, 0.1) is 7.11 Å². The molecule has 0 heterocycles. The van der Waals surface area contributed by atoms with E-state index in [1.807, 2.05) is 54.6 Å². The Bertz CT molecular complexity index is 667. The first-order valence-corrected chi connectivity index (χ1v) is 7.81. The van der Waals surface area contributed by atoms with Crippen LogP contribution in [0.3, 0.4) is 0 Å². The highest BCUT2D eigenvalue weighted by atomic mass is 16.5. The number of carbonyl (C=O) groups excluding carboxylic acids is 1. The molecule has 4 heteroatoms. The molecule has 24 heavy (non-hydrogen) atoms. The van der Waals surface area contributed by atoms with E-state index in [1.54, 1.807) is 6.08 Å². The van der Waals surface area contributed by atoms with Crippen LogP contribution in [0.5, 0.6) is 5.75 Å². The van der Waals surface area contributed by atoms with Crippen LogP contribution in [0.15, 0.2) is 67.3 Å². The maximum Gasteiger partial charge on any atom is 0.326 e. The first-order valence-electron chi connectivity index (χ1n) is 7.81. The highest BCUT2D eigenvalue weighted by Crippen LogP contribution is 2.20. The molecule has 0 amide bonds. The summed E-state index contributed by atoms with van der Waals surface area (Å²) in [6, 6.07) is 17.5. The molecule has 126 valence electrons. The summed E-state index contributed by atoms with van der Waals surface area (Å²) in [5.41, 5.74) is 7.15. The number of carbonyl (C=O) groups is 1. The minimum Gasteiger partial charge on any atom is -0.489 e. The summed E-state index contributed by atoms with van der Waals surface area (Å²) in [6.07, 6.45) is 2.37. The smallest absolute Gasteiger partial charge is 0.326 e. The van der Waals surface area contributed by atoms with Gasteiger partial charge in [-0.05, 0) is 29.7 Å². The van der Waals surface area contributed by atoms with Crippen LogP contribution in [-0.2, 0) is 22.6 Å². The van der Waals surface area contributed by atoms with Gasteiger partial charge in [0.2, 0.25) is 0 Å². The molecule has 1 atom stereocenters. The Morgan fingerprint density at radius 3 is 2.38 bits per heavy atom. The molecule has 2 aromatic carbocycles. The molecule has 0 bridgehead atoms. The van der Waals surface area contributed by atoms with Gasteiger partial charge in [-0.3, -0.25) is 4.79 Å². The second kappa shape index (κ2) is 8.31. The Hall–Kier alpha value is -2.59. The van der Waals surface area contributed by atoms with E-state index in [0.717, 1.165) is 16.9 Å². The van der Waals surface area contributed by atoms with E-state index in [9.17, 15) is 4.79 Å². The number of methoxy groups -OCH3 is 1. The van der Waals surface area contributed by atoms with E-state index >= 15 is 0 Å². The zero-order valence-corrected chi connectivity index (χ0v) is 13.9. The first-order chi connectivity index (χ1) is 11.6. The van der Waals surface area contributed by atoms with Gasteiger partial charge in [0, 0.05) is 6.42 Å². The van der Waals surface area contributed by atoms with Crippen LogP contribution in [0.25, 0.3) is 0 Å². The second-order valence-electron chi connectivity index (χ2n) is 5.74. The summed E-state index contributed by atoms with van der Waals surface area (Å²) in [5, 5.41) is 0. The number of rotatable bonds is 8. The molecule has 0 saturated heterocycles. The lowest BCUT2D eigenvalue weighted by molar-refractivity contribution is -0.146. The minimum atomic E-state index is -1.09. The minimum absolute atomic E-state index is 0.353. The zero-order valence-electron chi connectivity index (χ0n) is 13.9. The van der Waals surface area contributed by atoms with Crippen LogP contribution < -0.4 is 10.5 Å². The molecule has 2 aromatic rings. The van der Waals surface area contributed by atoms with Crippen molar-refractivity contribution in [3.8, 4) is 5.75 Å². The molecule has 0 saturated carbocycles. The van der Waals surface area contributed by atoms with Crippen molar-refractivity contribution in [3.05, 3.63) is 78.4 Å². The molecule has 2 N–H and O–H groups in total. The largest absolute Gasteiger partial charge is 0.489 e. The van der Waals surface area contributed by atoms with Crippen molar-refractivity contribution >= 4 is 5.97 Å². The average molecular weight is 325 g/mol. The fourth-order valence-electron chi connectivity index (χ4n) is 2.50. The average Bonchev–Trinajstić information content (AvgIpc) is 2.61. The molecular weight excluding hydrogens is 302 g/mol. The van der Waals surface area contributed by atoms with Gasteiger partial charge in [0.25, 0.3) is 0 Å². The summed E-state index contributed by atoms with van der Waals surface area (Å²) in [7, 11) is 1.34. The Kier molecular flexibility index (Phi) is 6.15. The van der Waals surface area contributed by atoms with E-state index in [1.165, 1.54) is 7.11 Å². The molecule has 0 aliphatic heterocycles. The standard InChI is InChI=1S/C20H23NO3/c1-3-13-20(21,19(22)23-2)14-16-9-11-18(12-10-16)24-15-17-7-5-4-6-8-17/h3-12H,1,13-15,21H2,2H3. The van der Waals surface area contributed by atoms with Gasteiger partial charge in [0.15, 0.2) is 0 Å². The molecule has 2 rings (SSSR count). The van der Waals surface area contributed by atoms with Crippen molar-refractivity contribution in [1.29, 1.82) is 0 Å². The Morgan fingerprint density at radius 1 is 1.12 bits per heavy atom. The van der Waals surface area contributed by atoms with E-state index in [0.29, 0.717) is 19.4 Å². The molecule has 1 unspecified atom stereocenters. The Labute approximate surface area is 142 Å². The molecule has 0 aromatic heterocycles. The molecular formula is C20H23NO3. The molecule has 0 aliphatic carbocycles. The van der Waals surface area contributed by atoms with Gasteiger partial charge in [0.1, 0.15) is 17.9 Å². The lowest BCUT2D eigenvalue weighted by Crippen LogP contribution is -2.50. The first kappa shape index (κ1) is 17.8. The van der Waals surface area contributed by atoms with Crippen LogP contribution >= 0.6 is 0 Å². The summed E-state index contributed by atoms with van der Waals surface area (Å²) >= 11 is 0. The maximum absolute atomic E-state index is 11.9. The SMILES string of the molecule is C=CCC(N)(Cc1ccc(OCc2ccccc2)cc1)C(=O)OC. The van der Waals surface area contributed by atoms with Crippen LogP contribution in [0.2, 0.25) is 0 Å². The summed E-state index contributed by atoms with van der Waals surface area (Å²) < 4.78 is 10.6. The lowest BCUT2D eigenvalue weighted by atomic mass is 9.88. The number of benzene rings is 2. The van der Waals surface area contributed by atoms with Gasteiger partial charge in [-0.2, -0.15) is 0 Å². The third-order valence-electron chi connectivity index (χ3n) is 3.79. The van der Waals surface area contributed by atoms with Crippen LogP contribution in [-0.4, -0.2) is 18.6 Å². The highest BCUT2D eigenvalue weighted by Gasteiger charge is 2.34. The van der Waals surface area contributed by atoms with Crippen LogP contribution in [0, 0.1) is 0 Å². The van der Waals surface area contributed by atoms with Gasteiger partial charge in [-0.1, -0.05) is 48.5 Å². The molecule has 0 fully saturated rings. The number of esters is 1. The van der Waals surface area contributed by atoms with Crippen molar-refractivity contribution in [2.75, 3.05) is 7.11 Å². The number of nitrogens with two attached hydrogens (primary N) is 1. The van der Waals surface area contributed by atoms with Gasteiger partial charge in [-0.15, -0.1) is 6.58 Å². The van der Waals surface area contributed by atoms with Gasteiger partial charge in [-0.25, -0.2) is 0 Å². The lowest BCUT2D eigenvalue weighted by Gasteiger charge is -2.25. The summed E-state index contributed by atoms with van der Waals surface area (Å²) in [4.78, 5) is 11.9. The second-order valence-corrected chi connectivity index (χ2v) is 5.74. The number of hydrogen-bond donors (Lipinski definition) is 1. The van der Waals surface area contributed by atoms with Gasteiger partial charge >= 0.3 is 5.97 Å². The highest BCUT2D eigenvalue weighted by molar-refractivity contribution is 5.81. The third kappa shape index (κ3) is 4.70. The monoisotopic (exact) mass is 325 g/mol. The van der Waals surface area contributed by atoms with E-state index in [-0.39, 0.29) is 0 Å². The van der Waals surface area contributed by atoms with Crippen molar-refractivity contribution in [2.45, 2.75) is 25.0 Å². The van der Waals surface area contributed by atoms with Gasteiger partial charge < -0.3 is 15.2 Å². The maximum atomic E-state index is 11.9. The summed E-state index contributed by atoms with van der Waals surface area (Å²) in [5.74, 6) is 0.332. The van der Waals surface area contributed by atoms with Crippen LogP contribution in [0.4, 0.5) is 0 Å². The zero-order chi connectivity index (χ0) is 17.4. The van der Waals surface area contributed by atoms with Crippen LogP contribution in [0.1, 0.15) is 17.5 Å². The van der Waals surface area contributed by atoms with Crippen molar-refractivity contribution in [3.63, 3.8) is 0 Å². The van der Waals surface area contributed by atoms with E-state index in [4.69, 9.17) is 15.2 Å². The third-order valence-corrected chi connectivity index (χ3v) is 3.79. The predicted molar refractivity (Wildman–Crippen MR) is 94.7 cm³/mol. The fraction of sp³-hybridized carbons (Fsp3) is 0.250. The van der Waals surface area contributed by atoms with Crippen molar-refractivity contribution < 1.29 is 14.3 Å². The molecule has 0 spiro atoms. The summed E-state index contributed by atoms with van der Waals surface area (Å²) in [6.45, 7) is 4.18. The predicted octanol–water partition coefficient (Wildman–Crippen LogP) is 3.25. The number of ether oxygens (including phenoxy) is 2. The Morgan fingerprint density at radius 2 is 1.79 bits per heavy atom. The van der Waals surface area contributed by atoms with E-state index < -0.39 is 11.5 Å². The normalized spacial score (nSPS) is 12.9.